The molecular weight excluding hydrogens is 506 g/mol. The largest absolute Gasteiger partial charge is 0.391 e. The zero-order valence-electron chi connectivity index (χ0n) is 21.7. The zero-order chi connectivity index (χ0) is 27.8. The van der Waals surface area contributed by atoms with Crippen LogP contribution in [0.25, 0.3) is 10.9 Å². The van der Waals surface area contributed by atoms with Gasteiger partial charge in [-0.25, -0.2) is 0 Å². The molecule has 0 bridgehead atoms. The second-order valence-corrected chi connectivity index (χ2v) is 9.44. The molecule has 2 amide bonds. The van der Waals surface area contributed by atoms with Crippen LogP contribution in [0.4, 0.5) is 0 Å². The summed E-state index contributed by atoms with van der Waals surface area (Å²) >= 11 is 6.32. The van der Waals surface area contributed by atoms with Gasteiger partial charge in [-0.2, -0.15) is 5.10 Å². The number of methoxy groups -OCH3 is 1. The van der Waals surface area contributed by atoms with Crippen LogP contribution in [-0.4, -0.2) is 65.7 Å². The summed E-state index contributed by atoms with van der Waals surface area (Å²) in [5.74, 6) is 4.81. The number of hydrogen-bond donors (Lipinski definition) is 3. The van der Waals surface area contributed by atoms with Crippen molar-refractivity contribution in [3.63, 3.8) is 0 Å². The van der Waals surface area contributed by atoms with E-state index in [1.165, 1.54) is 19.5 Å². The maximum atomic E-state index is 11.6. The molecule has 6 N–H and O–H groups in total. The lowest BCUT2D eigenvalue weighted by Crippen LogP contribution is -2.36. The number of aliphatic imine (C=N–C) groups is 1. The Bertz CT molecular complexity index is 1330. The monoisotopic (exact) mass is 539 g/mol. The van der Waals surface area contributed by atoms with E-state index in [0.29, 0.717) is 23.2 Å². The Morgan fingerprint density at radius 2 is 2.00 bits per heavy atom. The highest BCUT2D eigenvalue weighted by molar-refractivity contribution is 6.32. The number of benzene rings is 1. The molecule has 1 atom stereocenters. The first-order chi connectivity index (χ1) is 18.2. The highest BCUT2D eigenvalue weighted by atomic mass is 35.5. The van der Waals surface area contributed by atoms with Crippen molar-refractivity contribution in [2.45, 2.75) is 44.2 Å². The van der Waals surface area contributed by atoms with Gasteiger partial charge in [-0.3, -0.25) is 19.3 Å². The molecular formula is C27H34ClN7O3. The van der Waals surface area contributed by atoms with Gasteiger partial charge in [0, 0.05) is 26.1 Å². The van der Waals surface area contributed by atoms with E-state index in [1.807, 2.05) is 15.6 Å². The third kappa shape index (κ3) is 6.36. The van der Waals surface area contributed by atoms with E-state index in [4.69, 9.17) is 33.5 Å². The Hall–Kier alpha value is -3.81. The summed E-state index contributed by atoms with van der Waals surface area (Å²) in [4.78, 5) is 28.4. The van der Waals surface area contributed by atoms with Crippen LogP contribution in [0, 0.1) is 11.8 Å². The van der Waals surface area contributed by atoms with Crippen LogP contribution >= 0.6 is 11.6 Å². The van der Waals surface area contributed by atoms with Gasteiger partial charge in [0.25, 0.3) is 5.91 Å². The molecule has 0 spiro atoms. The summed E-state index contributed by atoms with van der Waals surface area (Å²) < 4.78 is 7.03. The van der Waals surface area contributed by atoms with Gasteiger partial charge in [-0.1, -0.05) is 24.1 Å². The molecule has 1 aliphatic carbocycles. The molecule has 38 heavy (non-hydrogen) atoms. The first kappa shape index (κ1) is 28.8. The van der Waals surface area contributed by atoms with Crippen molar-refractivity contribution in [2.24, 2.45) is 22.2 Å². The minimum absolute atomic E-state index is 0.0227. The maximum absolute atomic E-state index is 11.6. The average Bonchev–Trinajstić information content (AvgIpc) is 3.50. The molecule has 1 aromatic carbocycles. The Morgan fingerprint density at radius 3 is 2.58 bits per heavy atom. The molecule has 2 aliphatic rings. The number of halogens is 1. The summed E-state index contributed by atoms with van der Waals surface area (Å²) in [5, 5.41) is 5.80. The smallest absolute Gasteiger partial charge is 0.255 e. The first-order valence-corrected chi connectivity index (χ1v) is 12.7. The number of amides is 2. The third-order valence-electron chi connectivity index (χ3n) is 6.68. The van der Waals surface area contributed by atoms with E-state index < -0.39 is 5.91 Å². The molecule has 0 radical (unpaired) electrons. The lowest BCUT2D eigenvalue weighted by molar-refractivity contribution is -0.127. The minimum Gasteiger partial charge on any atom is -0.391 e. The quantitative estimate of drug-likeness (QED) is 0.221. The van der Waals surface area contributed by atoms with Crippen molar-refractivity contribution in [1.82, 2.24) is 14.7 Å². The molecule has 10 nitrogen and oxygen atoms in total. The summed E-state index contributed by atoms with van der Waals surface area (Å²) in [5.41, 5.74) is 18.3. The number of allylic oxidation sites excluding steroid dienone is 1. The molecule has 1 saturated carbocycles. The molecule has 1 unspecified atom stereocenters. The van der Waals surface area contributed by atoms with Gasteiger partial charge in [-0.15, -0.1) is 0 Å². The van der Waals surface area contributed by atoms with E-state index in [-0.39, 0.29) is 29.1 Å². The van der Waals surface area contributed by atoms with Crippen molar-refractivity contribution in [3.05, 3.63) is 52.8 Å². The number of nitrogens with zero attached hydrogens (tertiary/aromatic N) is 4. The lowest BCUT2D eigenvalue weighted by atomic mass is 9.93. The number of nitrogens with two attached hydrogens (primary N) is 3. The fourth-order valence-electron chi connectivity index (χ4n) is 4.45. The molecule has 2 aromatic rings. The van der Waals surface area contributed by atoms with Crippen LogP contribution in [0.15, 0.2) is 47.2 Å². The molecule has 11 heteroatoms. The lowest BCUT2D eigenvalue weighted by Gasteiger charge is -2.26. The van der Waals surface area contributed by atoms with Crippen molar-refractivity contribution in [2.75, 3.05) is 27.3 Å². The Kier molecular flexibility index (Phi) is 9.93. The molecule has 2 heterocycles. The number of carbonyl (C=O) groups excluding carboxylic acids is 2. The van der Waals surface area contributed by atoms with E-state index in [1.54, 1.807) is 19.4 Å². The standard InChI is InChI=1S/C18H19ClN6O.C9H15NO2/c1-23-17(21)16(18(22)26)14(20)7-5-11-12-9-24-25(10-3-2-4-10)15(12)8-6-13(11)19;1-3-9(11)10-6-4-5-8(10)7-12-2/h6,8-10H,2-4,20H2,1H3,(H2,21,23)(H2,22,26);3,8H,1,4-7H2,2H3/b16-14+;. The van der Waals surface area contributed by atoms with Crippen molar-refractivity contribution in [3.8, 4) is 11.8 Å². The van der Waals surface area contributed by atoms with Gasteiger partial charge in [0.15, 0.2) is 0 Å². The van der Waals surface area contributed by atoms with Crippen LogP contribution in [0.2, 0.25) is 5.02 Å². The normalized spacial score (nSPS) is 18.0. The van der Waals surface area contributed by atoms with Gasteiger partial charge in [0.2, 0.25) is 5.91 Å². The zero-order valence-corrected chi connectivity index (χ0v) is 22.5. The number of hydrogen-bond acceptors (Lipinski definition) is 6. The average molecular weight is 540 g/mol. The number of aromatic nitrogens is 2. The van der Waals surface area contributed by atoms with Crippen molar-refractivity contribution >= 4 is 40.2 Å². The van der Waals surface area contributed by atoms with Crippen LogP contribution in [-0.2, 0) is 14.3 Å². The predicted molar refractivity (Wildman–Crippen MR) is 149 cm³/mol. The summed E-state index contributed by atoms with van der Waals surface area (Å²) in [6, 6.07) is 4.40. The van der Waals surface area contributed by atoms with Gasteiger partial charge in [0.1, 0.15) is 11.4 Å². The van der Waals surface area contributed by atoms with E-state index in [0.717, 1.165) is 43.1 Å². The fraction of sp³-hybridized carbons (Fsp3) is 0.407. The number of carbonyl (C=O) groups is 2. The summed E-state index contributed by atoms with van der Waals surface area (Å²) in [7, 11) is 3.10. The Balaban J connectivity index is 0.000000279. The predicted octanol–water partition coefficient (Wildman–Crippen LogP) is 2.26. The number of amidine groups is 1. The minimum atomic E-state index is -0.790. The number of fused-ring (bicyclic) bond motifs is 1. The molecule has 1 aromatic heterocycles. The highest BCUT2D eigenvalue weighted by Gasteiger charge is 2.26. The summed E-state index contributed by atoms with van der Waals surface area (Å²) in [6.45, 7) is 4.95. The van der Waals surface area contributed by atoms with Gasteiger partial charge in [-0.05, 0) is 56.2 Å². The molecule has 1 aliphatic heterocycles. The SMILES string of the molecule is C=CC(=O)N1CCCC1COC.CN=C(N)/C(C(N)=O)=C(\N)C#Cc1c(Cl)ccc2c1cnn2C1CCC1. The fourth-order valence-corrected chi connectivity index (χ4v) is 4.67. The number of likely N-dealkylation sites (tertiary alicyclic amines) is 1. The molecule has 202 valence electrons. The van der Waals surface area contributed by atoms with E-state index in [2.05, 4.69) is 28.5 Å². The van der Waals surface area contributed by atoms with Crippen LogP contribution in [0.1, 0.15) is 43.7 Å². The van der Waals surface area contributed by atoms with E-state index >= 15 is 0 Å². The molecule has 1 saturated heterocycles. The topological polar surface area (TPSA) is 155 Å². The highest BCUT2D eigenvalue weighted by Crippen LogP contribution is 2.35. The van der Waals surface area contributed by atoms with Crippen LogP contribution in [0.3, 0.4) is 0 Å². The van der Waals surface area contributed by atoms with Gasteiger partial charge < -0.3 is 26.8 Å². The Labute approximate surface area is 227 Å². The second-order valence-electron chi connectivity index (χ2n) is 9.03. The second kappa shape index (κ2) is 13.1. The summed E-state index contributed by atoms with van der Waals surface area (Å²) in [6.07, 6.45) is 8.70. The van der Waals surface area contributed by atoms with Gasteiger partial charge >= 0.3 is 0 Å². The van der Waals surface area contributed by atoms with Gasteiger partial charge in [0.05, 0.1) is 46.7 Å². The number of primary amides is 1. The maximum Gasteiger partial charge on any atom is 0.255 e. The number of rotatable bonds is 6. The van der Waals surface area contributed by atoms with Crippen LogP contribution < -0.4 is 17.2 Å². The number of ether oxygens (including phenoxy) is 1. The van der Waals surface area contributed by atoms with E-state index in [9.17, 15) is 9.59 Å². The first-order valence-electron chi connectivity index (χ1n) is 12.3. The molecule has 4 rings (SSSR count). The van der Waals surface area contributed by atoms with Crippen molar-refractivity contribution in [1.29, 1.82) is 0 Å². The van der Waals surface area contributed by atoms with Crippen molar-refractivity contribution < 1.29 is 14.3 Å². The Morgan fingerprint density at radius 1 is 1.26 bits per heavy atom. The third-order valence-corrected chi connectivity index (χ3v) is 6.99. The van der Waals surface area contributed by atoms with Crippen LogP contribution in [0.5, 0.6) is 0 Å². The molecule has 2 fully saturated rings.